The molecule has 26 heavy (non-hydrogen) atoms. The Balaban J connectivity index is 2.21. The summed E-state index contributed by atoms with van der Waals surface area (Å²) >= 11 is 0. The van der Waals surface area contributed by atoms with E-state index in [1.54, 1.807) is 24.3 Å². The quantitative estimate of drug-likeness (QED) is 0.548. The third-order valence-electron chi connectivity index (χ3n) is 4.13. The number of ether oxygens (including phenoxy) is 1. The van der Waals surface area contributed by atoms with E-state index in [-0.39, 0.29) is 29.6 Å². The van der Waals surface area contributed by atoms with E-state index >= 15 is 0 Å². The van der Waals surface area contributed by atoms with Gasteiger partial charge in [0.25, 0.3) is 11.5 Å². The third-order valence-corrected chi connectivity index (χ3v) is 4.13. The second kappa shape index (κ2) is 9.70. The molecule has 0 unspecified atom stereocenters. The molecule has 0 radical (unpaired) electrons. The molecule has 1 amide bonds. The number of amides is 1. The highest BCUT2D eigenvalue weighted by atomic mass is 16.5. The number of aromatic nitrogens is 2. The maximum atomic E-state index is 12.6. The largest absolute Gasteiger partial charge is 0.469 e. The van der Waals surface area contributed by atoms with Crippen LogP contribution in [0.4, 0.5) is 0 Å². The molecule has 0 spiro atoms. The van der Waals surface area contributed by atoms with Crippen molar-refractivity contribution in [2.24, 2.45) is 0 Å². The molecule has 140 valence electrons. The molecule has 1 heterocycles. The van der Waals surface area contributed by atoms with Crippen LogP contribution in [0.3, 0.4) is 0 Å². The number of nitrogens with zero attached hydrogens (tertiary/aromatic N) is 2. The number of hydrogen-bond acceptors (Lipinski definition) is 5. The first kappa shape index (κ1) is 19.6. The molecule has 1 aromatic heterocycles. The van der Waals surface area contributed by atoms with Gasteiger partial charge in [0.1, 0.15) is 0 Å². The van der Waals surface area contributed by atoms with Gasteiger partial charge in [-0.3, -0.25) is 14.4 Å². The number of carbonyl (C=O) groups excluding carboxylic acids is 2. The Bertz CT molecular complexity index is 829. The highest BCUT2D eigenvalue weighted by molar-refractivity contribution is 6.04. The van der Waals surface area contributed by atoms with E-state index in [0.29, 0.717) is 30.3 Å². The summed E-state index contributed by atoms with van der Waals surface area (Å²) in [5, 5.41) is 8.08. The van der Waals surface area contributed by atoms with Crippen molar-refractivity contribution in [3.05, 3.63) is 40.3 Å². The molecule has 0 bridgehead atoms. The van der Waals surface area contributed by atoms with Crippen molar-refractivity contribution in [2.45, 2.75) is 45.6 Å². The van der Waals surface area contributed by atoms with Crippen molar-refractivity contribution in [1.82, 2.24) is 15.1 Å². The normalized spacial score (nSPS) is 10.7. The van der Waals surface area contributed by atoms with Crippen molar-refractivity contribution in [3.63, 3.8) is 0 Å². The zero-order chi connectivity index (χ0) is 18.9. The molecule has 0 atom stereocenters. The van der Waals surface area contributed by atoms with E-state index in [2.05, 4.69) is 22.1 Å². The number of hydrogen-bond donors (Lipinski definition) is 1. The number of fused-ring (bicyclic) bond motifs is 1. The predicted molar refractivity (Wildman–Crippen MR) is 99.1 cm³/mol. The van der Waals surface area contributed by atoms with Crippen LogP contribution < -0.4 is 10.9 Å². The summed E-state index contributed by atoms with van der Waals surface area (Å²) in [4.78, 5) is 36.3. The van der Waals surface area contributed by atoms with Crippen LogP contribution in [0.15, 0.2) is 29.1 Å². The highest BCUT2D eigenvalue weighted by Crippen LogP contribution is 2.13. The number of esters is 1. The van der Waals surface area contributed by atoms with E-state index in [1.165, 1.54) is 11.8 Å². The fraction of sp³-hybridized carbons (Fsp3) is 0.474. The van der Waals surface area contributed by atoms with Gasteiger partial charge in [-0.05, 0) is 18.9 Å². The summed E-state index contributed by atoms with van der Waals surface area (Å²) in [5.74, 6) is -0.664. The molecule has 0 saturated heterocycles. The topological polar surface area (TPSA) is 90.3 Å². The number of unbranched alkanes of at least 4 members (excludes halogenated alkanes) is 2. The van der Waals surface area contributed by atoms with Crippen LogP contribution in [0.5, 0.6) is 0 Å². The molecule has 0 aliphatic rings. The molecular formula is C19H25N3O4. The molecule has 0 saturated carbocycles. The minimum absolute atomic E-state index is 0.182. The Morgan fingerprint density at radius 3 is 2.58 bits per heavy atom. The van der Waals surface area contributed by atoms with Crippen LogP contribution in [0.25, 0.3) is 10.8 Å². The maximum absolute atomic E-state index is 12.6. The van der Waals surface area contributed by atoms with Gasteiger partial charge in [0.2, 0.25) is 0 Å². The Morgan fingerprint density at radius 1 is 1.15 bits per heavy atom. The summed E-state index contributed by atoms with van der Waals surface area (Å²) in [6.45, 7) is 2.91. The molecular weight excluding hydrogens is 334 g/mol. The predicted octanol–water partition coefficient (Wildman–Crippen LogP) is 2.27. The minimum atomic E-state index is -0.352. The lowest BCUT2D eigenvalue weighted by Crippen LogP contribution is -2.31. The maximum Gasteiger partial charge on any atom is 0.305 e. The van der Waals surface area contributed by atoms with Crippen LogP contribution in [-0.2, 0) is 16.1 Å². The molecule has 2 rings (SSSR count). The average Bonchev–Trinajstić information content (AvgIpc) is 2.66. The lowest BCUT2D eigenvalue weighted by molar-refractivity contribution is -0.140. The fourth-order valence-corrected chi connectivity index (χ4v) is 2.69. The molecule has 1 N–H and O–H groups in total. The van der Waals surface area contributed by atoms with E-state index in [9.17, 15) is 14.4 Å². The van der Waals surface area contributed by atoms with Gasteiger partial charge >= 0.3 is 5.97 Å². The molecule has 7 nitrogen and oxygen atoms in total. The van der Waals surface area contributed by atoms with Crippen molar-refractivity contribution in [1.29, 1.82) is 0 Å². The van der Waals surface area contributed by atoms with E-state index in [4.69, 9.17) is 0 Å². The van der Waals surface area contributed by atoms with Gasteiger partial charge in [-0.1, -0.05) is 38.0 Å². The first-order chi connectivity index (χ1) is 12.6. The summed E-state index contributed by atoms with van der Waals surface area (Å²) < 4.78 is 5.95. The first-order valence-corrected chi connectivity index (χ1v) is 8.93. The fourth-order valence-electron chi connectivity index (χ4n) is 2.69. The van der Waals surface area contributed by atoms with E-state index in [0.717, 1.165) is 19.3 Å². The van der Waals surface area contributed by atoms with Gasteiger partial charge in [-0.15, -0.1) is 0 Å². The smallest absolute Gasteiger partial charge is 0.305 e. The average molecular weight is 359 g/mol. The standard InChI is InChI=1S/C19H25N3O4/c1-3-4-7-13-22-19(25)15-10-6-5-9-14(15)17(21-22)18(24)20-12-8-11-16(23)26-2/h5-6,9-10H,3-4,7-8,11-13H2,1-2H3,(H,20,24). The number of carbonyl (C=O) groups is 2. The second-order valence-corrected chi connectivity index (χ2v) is 6.07. The molecule has 0 aliphatic heterocycles. The van der Waals surface area contributed by atoms with Gasteiger partial charge < -0.3 is 10.1 Å². The first-order valence-electron chi connectivity index (χ1n) is 8.93. The van der Waals surface area contributed by atoms with Crippen LogP contribution >= 0.6 is 0 Å². The van der Waals surface area contributed by atoms with Crippen molar-refractivity contribution in [3.8, 4) is 0 Å². The van der Waals surface area contributed by atoms with Crippen molar-refractivity contribution >= 4 is 22.6 Å². The Kier molecular flexibility index (Phi) is 7.32. The molecule has 0 fully saturated rings. The SMILES string of the molecule is CCCCCn1nc(C(=O)NCCCC(=O)OC)c2ccccc2c1=O. The Hall–Kier alpha value is -2.70. The van der Waals surface area contributed by atoms with Crippen molar-refractivity contribution < 1.29 is 14.3 Å². The Morgan fingerprint density at radius 2 is 1.88 bits per heavy atom. The number of methoxy groups -OCH3 is 1. The van der Waals surface area contributed by atoms with Gasteiger partial charge in [-0.2, -0.15) is 5.10 Å². The number of benzene rings is 1. The molecule has 0 aliphatic carbocycles. The van der Waals surface area contributed by atoms with Gasteiger partial charge in [0.05, 0.1) is 12.5 Å². The number of rotatable bonds is 9. The van der Waals surface area contributed by atoms with Gasteiger partial charge in [0, 0.05) is 24.9 Å². The zero-order valence-corrected chi connectivity index (χ0v) is 15.3. The van der Waals surface area contributed by atoms with E-state index in [1.807, 2.05) is 0 Å². The lowest BCUT2D eigenvalue weighted by atomic mass is 10.1. The third kappa shape index (κ3) is 4.91. The van der Waals surface area contributed by atoms with E-state index < -0.39 is 0 Å². The summed E-state index contributed by atoms with van der Waals surface area (Å²) in [5.41, 5.74) is 0.0497. The van der Waals surface area contributed by atoms with Gasteiger partial charge in [0.15, 0.2) is 5.69 Å². The Labute approximate surface area is 152 Å². The number of aryl methyl sites for hydroxylation is 1. The van der Waals surface area contributed by atoms with Crippen molar-refractivity contribution in [2.75, 3.05) is 13.7 Å². The van der Waals surface area contributed by atoms with Crippen LogP contribution in [0, 0.1) is 0 Å². The monoisotopic (exact) mass is 359 g/mol. The molecule has 7 heteroatoms. The minimum Gasteiger partial charge on any atom is -0.469 e. The zero-order valence-electron chi connectivity index (χ0n) is 15.3. The summed E-state index contributed by atoms with van der Waals surface area (Å²) in [7, 11) is 1.33. The van der Waals surface area contributed by atoms with Crippen LogP contribution in [0.1, 0.15) is 49.5 Å². The molecule has 1 aromatic carbocycles. The number of nitrogens with one attached hydrogen (secondary N) is 1. The van der Waals surface area contributed by atoms with Gasteiger partial charge in [-0.25, -0.2) is 4.68 Å². The second-order valence-electron chi connectivity index (χ2n) is 6.07. The van der Waals surface area contributed by atoms with Crippen LogP contribution in [0.2, 0.25) is 0 Å². The lowest BCUT2D eigenvalue weighted by Gasteiger charge is -2.11. The highest BCUT2D eigenvalue weighted by Gasteiger charge is 2.16. The summed E-state index contributed by atoms with van der Waals surface area (Å²) in [6, 6.07) is 6.99. The molecule has 2 aromatic rings. The summed E-state index contributed by atoms with van der Waals surface area (Å²) in [6.07, 6.45) is 3.59. The van der Waals surface area contributed by atoms with Crippen LogP contribution in [-0.4, -0.2) is 35.3 Å².